The van der Waals surface area contributed by atoms with Crippen molar-refractivity contribution >= 4 is 23.4 Å². The highest BCUT2D eigenvalue weighted by Gasteiger charge is 2.26. The number of rotatable bonds is 6. The summed E-state index contributed by atoms with van der Waals surface area (Å²) in [6, 6.07) is 9.28. The van der Waals surface area contributed by atoms with Crippen molar-refractivity contribution < 1.29 is 23.0 Å². The summed E-state index contributed by atoms with van der Waals surface area (Å²) in [5.41, 5.74) is 12.9. The number of fused-ring (bicyclic) bond motifs is 1. The zero-order chi connectivity index (χ0) is 28.0. The predicted molar refractivity (Wildman–Crippen MR) is 147 cm³/mol. The van der Waals surface area contributed by atoms with Crippen molar-refractivity contribution in [1.29, 1.82) is 0 Å². The summed E-state index contributed by atoms with van der Waals surface area (Å²) in [4.78, 5) is 20.0. The van der Waals surface area contributed by atoms with Crippen LogP contribution in [-0.2, 0) is 11.2 Å². The Morgan fingerprint density at radius 1 is 1.02 bits per heavy atom. The van der Waals surface area contributed by atoms with Crippen molar-refractivity contribution in [2.24, 2.45) is 0 Å². The molecule has 8 nitrogen and oxygen atoms in total. The van der Waals surface area contributed by atoms with Gasteiger partial charge in [0.1, 0.15) is 5.82 Å². The van der Waals surface area contributed by atoms with Crippen LogP contribution >= 0.6 is 0 Å². The number of ketones is 1. The van der Waals surface area contributed by atoms with Gasteiger partial charge in [0.2, 0.25) is 11.6 Å². The van der Waals surface area contributed by atoms with Crippen molar-refractivity contribution in [3.8, 4) is 17.3 Å². The highest BCUT2D eigenvalue weighted by molar-refractivity contribution is 6.15. The van der Waals surface area contributed by atoms with Crippen LogP contribution in [0.3, 0.4) is 0 Å². The summed E-state index contributed by atoms with van der Waals surface area (Å²) < 4.78 is 40.2. The summed E-state index contributed by atoms with van der Waals surface area (Å²) in [5.74, 6) is -2.21. The molecule has 1 saturated heterocycles. The first-order chi connectivity index (χ1) is 19.3. The van der Waals surface area contributed by atoms with Crippen molar-refractivity contribution in [3.05, 3.63) is 93.8 Å². The Morgan fingerprint density at radius 3 is 2.48 bits per heavy atom. The van der Waals surface area contributed by atoms with E-state index in [2.05, 4.69) is 34.0 Å². The molecule has 0 amide bonds. The van der Waals surface area contributed by atoms with E-state index in [0.717, 1.165) is 41.9 Å². The van der Waals surface area contributed by atoms with Crippen LogP contribution in [0.1, 0.15) is 32.6 Å². The van der Waals surface area contributed by atoms with E-state index in [9.17, 15) is 13.6 Å². The lowest BCUT2D eigenvalue weighted by molar-refractivity contribution is 0.103. The normalized spacial score (nSPS) is 14.7. The molecule has 1 aliphatic carbocycles. The fourth-order valence-corrected chi connectivity index (χ4v) is 5.17. The fourth-order valence-electron chi connectivity index (χ4n) is 5.17. The summed E-state index contributed by atoms with van der Waals surface area (Å²) in [6.45, 7) is 6.94. The van der Waals surface area contributed by atoms with Crippen LogP contribution in [0.25, 0.3) is 11.8 Å². The third-order valence-corrected chi connectivity index (χ3v) is 7.27. The molecule has 2 aromatic carbocycles. The number of carbonyl (C=O) groups is 1. The lowest BCUT2D eigenvalue weighted by Crippen LogP contribution is -2.36. The molecule has 2 aliphatic rings. The van der Waals surface area contributed by atoms with Crippen LogP contribution in [0.2, 0.25) is 0 Å². The maximum Gasteiger partial charge on any atom is 0.219 e. The van der Waals surface area contributed by atoms with E-state index in [1.165, 1.54) is 34.9 Å². The maximum atomic E-state index is 14.0. The van der Waals surface area contributed by atoms with E-state index in [-0.39, 0.29) is 23.0 Å². The minimum absolute atomic E-state index is 0.00731. The first kappa shape index (κ1) is 25.7. The molecular weight excluding hydrogens is 516 g/mol. The Balaban J connectivity index is 1.22. The number of nitrogens with two attached hydrogens (primary N) is 1. The molecule has 0 radical (unpaired) electrons. The van der Waals surface area contributed by atoms with Crippen LogP contribution in [0.5, 0.6) is 11.6 Å². The third kappa shape index (κ3) is 4.60. The van der Waals surface area contributed by atoms with Gasteiger partial charge in [0.05, 0.1) is 36.9 Å². The number of carbonyl (C=O) groups excluding carboxylic acids is 1. The van der Waals surface area contributed by atoms with Gasteiger partial charge in [-0.3, -0.25) is 4.79 Å². The SMILES string of the molecule is Cc1cc2c(cc1N1CCOCC1)CC(C(=O)c1cnn(-c3cnc(Oc4c(F)cccc4F)cc3C)c1N)=C2. The molecule has 2 aromatic heterocycles. The molecule has 3 heterocycles. The van der Waals surface area contributed by atoms with Gasteiger partial charge in [0, 0.05) is 36.8 Å². The molecule has 6 rings (SSSR count). The third-order valence-electron chi connectivity index (χ3n) is 7.27. The number of ether oxygens (including phenoxy) is 2. The first-order valence-electron chi connectivity index (χ1n) is 12.9. The van der Waals surface area contributed by atoms with E-state index >= 15 is 0 Å². The number of aryl methyl sites for hydroxylation is 2. The molecule has 1 fully saturated rings. The first-order valence-corrected chi connectivity index (χ1v) is 12.9. The van der Waals surface area contributed by atoms with E-state index in [0.29, 0.717) is 36.5 Å². The van der Waals surface area contributed by atoms with E-state index in [1.54, 1.807) is 6.92 Å². The number of hydrogen-bond donors (Lipinski definition) is 1. The van der Waals surface area contributed by atoms with Crippen LogP contribution in [0, 0.1) is 25.5 Å². The monoisotopic (exact) mass is 543 g/mol. The van der Waals surface area contributed by atoms with Crippen molar-refractivity contribution in [3.63, 3.8) is 0 Å². The number of benzene rings is 2. The maximum absolute atomic E-state index is 14.0. The van der Waals surface area contributed by atoms with Gasteiger partial charge in [0.25, 0.3) is 0 Å². The van der Waals surface area contributed by atoms with Gasteiger partial charge in [-0.1, -0.05) is 6.07 Å². The average Bonchev–Trinajstić information content (AvgIpc) is 3.53. The van der Waals surface area contributed by atoms with Gasteiger partial charge < -0.3 is 20.1 Å². The summed E-state index contributed by atoms with van der Waals surface area (Å²) in [7, 11) is 0. The molecule has 0 saturated carbocycles. The lowest BCUT2D eigenvalue weighted by Gasteiger charge is -2.30. The largest absolute Gasteiger partial charge is 0.433 e. The number of halogens is 2. The number of morpholine rings is 1. The Bertz CT molecular complexity index is 1650. The number of Topliss-reactive ketones (excluding diaryl/α,β-unsaturated/α-hetero) is 1. The minimum Gasteiger partial charge on any atom is -0.433 e. The Hall–Kier alpha value is -4.57. The average molecular weight is 544 g/mol. The smallest absolute Gasteiger partial charge is 0.219 e. The van der Waals surface area contributed by atoms with Crippen LogP contribution in [-0.4, -0.2) is 46.9 Å². The number of para-hydroxylation sites is 1. The van der Waals surface area contributed by atoms with Gasteiger partial charge in [-0.15, -0.1) is 0 Å². The molecule has 0 bridgehead atoms. The molecule has 4 aromatic rings. The number of pyridine rings is 1. The van der Waals surface area contributed by atoms with Crippen molar-refractivity contribution in [1.82, 2.24) is 14.8 Å². The number of anilines is 2. The highest BCUT2D eigenvalue weighted by atomic mass is 19.1. The number of allylic oxidation sites excluding steroid dienone is 1. The predicted octanol–water partition coefficient (Wildman–Crippen LogP) is 5.20. The van der Waals surface area contributed by atoms with E-state index in [4.69, 9.17) is 15.2 Å². The molecule has 204 valence electrons. The van der Waals surface area contributed by atoms with Crippen LogP contribution in [0.4, 0.5) is 20.3 Å². The second-order valence-corrected chi connectivity index (χ2v) is 9.93. The van der Waals surface area contributed by atoms with Crippen LogP contribution < -0.4 is 15.4 Å². The van der Waals surface area contributed by atoms with E-state index in [1.807, 2.05) is 6.08 Å². The van der Waals surface area contributed by atoms with Gasteiger partial charge in [-0.2, -0.15) is 5.10 Å². The molecule has 0 atom stereocenters. The highest BCUT2D eigenvalue weighted by Crippen LogP contribution is 2.35. The Morgan fingerprint density at radius 2 is 1.75 bits per heavy atom. The molecule has 2 N–H and O–H groups in total. The lowest BCUT2D eigenvalue weighted by atomic mass is 10.0. The molecular formula is C30H27F2N5O3. The quantitative estimate of drug-likeness (QED) is 0.334. The number of nitrogens with zero attached hydrogens (tertiary/aromatic N) is 4. The fraction of sp³-hybridized carbons (Fsp3) is 0.233. The Kier molecular flexibility index (Phi) is 6.55. The summed E-state index contributed by atoms with van der Waals surface area (Å²) >= 11 is 0. The number of aromatic nitrogens is 3. The second kappa shape index (κ2) is 10.2. The molecule has 40 heavy (non-hydrogen) atoms. The van der Waals surface area contributed by atoms with Gasteiger partial charge >= 0.3 is 0 Å². The molecule has 10 heteroatoms. The van der Waals surface area contributed by atoms with Gasteiger partial charge in [0.15, 0.2) is 17.4 Å². The Labute approximate surface area is 229 Å². The molecule has 1 aliphatic heterocycles. The zero-order valence-corrected chi connectivity index (χ0v) is 22.1. The van der Waals surface area contributed by atoms with Crippen LogP contribution in [0.15, 0.2) is 54.4 Å². The molecule has 0 spiro atoms. The summed E-state index contributed by atoms with van der Waals surface area (Å²) in [5, 5.41) is 4.34. The standard InChI is InChI=1S/C30H27F2N5O3/c1-17-10-19-12-21(13-20(19)14-25(17)36-6-8-39-9-7-36)28(38)22-15-35-37(30(22)33)26-16-34-27(11-18(26)2)40-29-23(31)4-3-5-24(29)32/h3-5,10-12,14-16H,6-9,13,33H2,1-2H3. The minimum atomic E-state index is -0.834. The van der Waals surface area contributed by atoms with E-state index < -0.39 is 17.4 Å². The van der Waals surface area contributed by atoms with Gasteiger partial charge in [-0.05, 0) is 66.4 Å². The second-order valence-electron chi connectivity index (χ2n) is 9.93. The van der Waals surface area contributed by atoms with Gasteiger partial charge in [-0.25, -0.2) is 18.4 Å². The van der Waals surface area contributed by atoms with Crippen molar-refractivity contribution in [2.75, 3.05) is 36.9 Å². The zero-order valence-electron chi connectivity index (χ0n) is 22.1. The molecule has 0 unspecified atom stereocenters. The summed E-state index contributed by atoms with van der Waals surface area (Å²) in [6.07, 6.45) is 5.31. The number of hydrogen-bond acceptors (Lipinski definition) is 7. The topological polar surface area (TPSA) is 95.5 Å². The number of nitrogen functional groups attached to an aromatic ring is 1. The van der Waals surface area contributed by atoms with Crippen molar-refractivity contribution in [2.45, 2.75) is 20.3 Å².